The van der Waals surface area contributed by atoms with Gasteiger partial charge in [-0.3, -0.25) is 52.2 Å². The lowest BCUT2D eigenvalue weighted by atomic mass is 9.78. The number of pyridine rings is 1. The smallest absolute Gasteiger partial charge is 0.270 e. The monoisotopic (exact) mass is 1950 g/mol. The SMILES string of the molecule is CCC1(C)CCN(c2nc(N)c(Sc3cccc(C)c3)c(=O)n2C)CC1.CCC1(C)CCN(c2nc(N)c(Sc3cccc(C)c3Cl)c(=O)n2C)CC1.CCC1(C)CCN(c2nc(N)c(Sc3cccc(Cl)c3Cl)c(=O)n2C)CC1.CCC1(C)CCN(c2nc(N)c(Sc3cccnc3C)c(=O)[nH]2)CC1.[C-]#[N+]c1cccc(Sc2c(N)nc(N3CCC(C)(CC)CC3)n(C)c2=O)c1. The number of piperidine rings is 5. The molecule has 0 radical (unpaired) electrons. The van der Waals surface area contributed by atoms with E-state index in [2.05, 4.69) is 133 Å². The van der Waals surface area contributed by atoms with Gasteiger partial charge in [-0.1, -0.05) is 249 Å². The Morgan fingerprint density at radius 1 is 0.394 bits per heavy atom. The van der Waals surface area contributed by atoms with E-state index in [1.165, 1.54) is 78.1 Å². The van der Waals surface area contributed by atoms with Crippen molar-refractivity contribution in [1.29, 1.82) is 0 Å². The minimum absolute atomic E-state index is 0.0807. The Labute approximate surface area is 812 Å². The van der Waals surface area contributed by atoms with Gasteiger partial charge in [0, 0.05) is 124 Å². The van der Waals surface area contributed by atoms with E-state index >= 15 is 0 Å². The van der Waals surface area contributed by atoms with Crippen molar-refractivity contribution < 1.29 is 0 Å². The van der Waals surface area contributed by atoms with E-state index in [1.807, 2.05) is 87.5 Å². The molecule has 0 spiro atoms. The predicted octanol–water partition coefficient (Wildman–Crippen LogP) is 20.5. The van der Waals surface area contributed by atoms with Crippen LogP contribution in [0.5, 0.6) is 0 Å². The van der Waals surface area contributed by atoms with Crippen molar-refractivity contribution in [2.75, 3.05) is 119 Å². The molecular formula is C97H129Cl3N22O5S5. The van der Waals surface area contributed by atoms with Crippen LogP contribution in [-0.2, 0) is 28.2 Å². The maximum Gasteiger partial charge on any atom is 0.270 e. The highest BCUT2D eigenvalue weighted by atomic mass is 35.5. The van der Waals surface area contributed by atoms with Crippen molar-refractivity contribution in [2.24, 2.45) is 55.3 Å². The van der Waals surface area contributed by atoms with Gasteiger partial charge in [-0.05, 0) is 166 Å². The third kappa shape index (κ3) is 25.0. The van der Waals surface area contributed by atoms with Gasteiger partial charge in [-0.25, -0.2) is 4.85 Å². The summed E-state index contributed by atoms with van der Waals surface area (Å²) in [7, 11) is 7.04. The van der Waals surface area contributed by atoms with E-state index in [4.69, 9.17) is 70.0 Å². The molecule has 5 aliphatic heterocycles. The Morgan fingerprint density at radius 3 is 1.07 bits per heavy atom. The van der Waals surface area contributed by atoms with Gasteiger partial charge in [-0.15, -0.1) is 0 Å². The first-order valence-corrected chi connectivity index (χ1v) is 50.5. The van der Waals surface area contributed by atoms with Gasteiger partial charge in [-0.2, -0.15) is 24.9 Å². The number of nitrogens with two attached hydrogens (primary N) is 5. The van der Waals surface area contributed by atoms with Crippen LogP contribution in [0.25, 0.3) is 4.85 Å². The van der Waals surface area contributed by atoms with Crippen molar-refractivity contribution in [1.82, 2.24) is 53.2 Å². The molecule has 27 nitrogen and oxygen atoms in total. The van der Waals surface area contributed by atoms with E-state index in [1.54, 1.807) is 83.0 Å². The van der Waals surface area contributed by atoms with Crippen LogP contribution in [0.2, 0.25) is 15.1 Å². The number of hydrogen-bond donors (Lipinski definition) is 6. The Bertz CT molecular complexity index is 5970. The number of nitrogen functional groups attached to an aromatic ring is 5. The first-order valence-electron chi connectivity index (χ1n) is 45.3. The first-order chi connectivity index (χ1) is 62.6. The molecule has 10 aromatic rings. The third-order valence-corrected chi connectivity index (χ3v) is 34.7. The molecule has 15 rings (SSSR count). The lowest BCUT2D eigenvalue weighted by Crippen LogP contribution is -2.41. The summed E-state index contributed by atoms with van der Waals surface area (Å²) in [6.07, 6.45) is 18.5. The summed E-state index contributed by atoms with van der Waals surface area (Å²) in [5.74, 6) is 4.48. The first kappa shape index (κ1) is 103. The number of aromatic amines is 1. The molecule has 132 heavy (non-hydrogen) atoms. The molecule has 0 aliphatic carbocycles. The normalized spacial score (nSPS) is 16.6. The lowest BCUT2D eigenvalue weighted by molar-refractivity contribution is 0.236. The fourth-order valence-electron chi connectivity index (χ4n) is 16.3. The second kappa shape index (κ2) is 44.8. The van der Waals surface area contributed by atoms with Crippen LogP contribution in [0, 0.1) is 54.4 Å². The number of H-pyrrole nitrogens is 1. The number of aromatic nitrogens is 11. The summed E-state index contributed by atoms with van der Waals surface area (Å²) < 4.78 is 6.41. The summed E-state index contributed by atoms with van der Waals surface area (Å²) in [4.78, 5) is 115. The summed E-state index contributed by atoms with van der Waals surface area (Å²) in [5.41, 5.74) is 35.5. The van der Waals surface area contributed by atoms with E-state index < -0.39 is 0 Å². The molecule has 0 atom stereocenters. The quantitative estimate of drug-likeness (QED) is 0.0386. The molecule has 11 heterocycles. The summed E-state index contributed by atoms with van der Waals surface area (Å²) >= 11 is 25.1. The highest BCUT2D eigenvalue weighted by molar-refractivity contribution is 8.00. The second-order valence-electron chi connectivity index (χ2n) is 36.8. The van der Waals surface area contributed by atoms with Crippen molar-refractivity contribution in [3.8, 4) is 0 Å². The Balaban J connectivity index is 0.000000159. The Morgan fingerprint density at radius 2 is 0.712 bits per heavy atom. The third-order valence-electron chi connectivity index (χ3n) is 27.5. The molecule has 0 saturated carbocycles. The van der Waals surface area contributed by atoms with Crippen LogP contribution >= 0.6 is 93.6 Å². The fraction of sp³-hybridized carbons (Fsp3) is 0.485. The molecule has 5 saturated heterocycles. The number of aryl methyl sites for hydroxylation is 3. The van der Waals surface area contributed by atoms with Crippen LogP contribution in [0.15, 0.2) is 176 Å². The average molecular weight is 1950 g/mol. The molecule has 4 aromatic carbocycles. The zero-order valence-electron chi connectivity index (χ0n) is 79.3. The molecule has 5 fully saturated rings. The lowest BCUT2D eigenvalue weighted by Gasteiger charge is -2.39. The van der Waals surface area contributed by atoms with Gasteiger partial charge in [0.2, 0.25) is 29.7 Å². The molecule has 6 aromatic heterocycles. The highest BCUT2D eigenvalue weighted by Crippen LogP contribution is 2.45. The maximum atomic E-state index is 13.0. The average Bonchev–Trinajstić information content (AvgIpc) is 0.798. The van der Waals surface area contributed by atoms with E-state index in [0.717, 1.165) is 179 Å². The zero-order valence-corrected chi connectivity index (χ0v) is 85.6. The van der Waals surface area contributed by atoms with Crippen molar-refractivity contribution in [3.63, 3.8) is 0 Å². The largest absolute Gasteiger partial charge is 0.382 e. The second-order valence-corrected chi connectivity index (χ2v) is 43.3. The topological polar surface area (TPSA) is 349 Å². The summed E-state index contributed by atoms with van der Waals surface area (Å²) in [5, 5.41) is 1.49. The minimum Gasteiger partial charge on any atom is -0.382 e. The molecular weight excluding hydrogens is 1820 g/mol. The standard InChI is InChI=1S/C20H27ClN4OS.C20H25N5OS.C20H28N4OS.C19H24Cl2N4OS.C18H25N5OS/c1-5-20(3)9-11-25(12-10-20)19-23-17(22)16(18(26)24(19)4)27-14-8-6-7-13(2)15(14)21;1-5-20(2)9-11-25(12-10-20)19-23-17(21)16(18(26)24(19)4)27-15-8-6-7-14(13-15)22-3;1-5-20(3)9-11-24(12-10-20)19-22-17(21)16(18(25)23(19)4)26-15-8-6-7-14(2)13-15;1-4-19(2)8-10-25(11-9-19)18-23-16(22)15(17(26)24(18)3)27-13-7-5-6-12(20)14(13)21;1-4-18(3)7-10-23(11-8-18)17-21-15(19)14(16(24)22-17)25-13-6-5-9-20-12(13)2/h6-8H,5,9-12,22H2,1-4H3;6-8,13H,5,9-12,21H2,1-2,4H3;6-8,13H,5,9-12,21H2,1-4H3;5-7H,4,8-11,22H2,1-3H3;5-6,9H,4,7-8,10-11H2,1-3H3,(H3,19,21,22,24). The van der Waals surface area contributed by atoms with E-state index in [9.17, 15) is 24.0 Å². The van der Waals surface area contributed by atoms with Crippen LogP contribution in [-0.4, -0.2) is 119 Å². The Kier molecular flexibility index (Phi) is 35.0. The van der Waals surface area contributed by atoms with E-state index in [0.29, 0.717) is 113 Å². The number of nitrogens with zero attached hydrogens (tertiary/aromatic N) is 16. The van der Waals surface area contributed by atoms with Crippen molar-refractivity contribution >= 4 is 158 Å². The molecule has 0 unspecified atom stereocenters. The van der Waals surface area contributed by atoms with Crippen LogP contribution in [0.1, 0.15) is 182 Å². The predicted molar refractivity (Wildman–Crippen MR) is 550 cm³/mol. The summed E-state index contributed by atoms with van der Waals surface area (Å²) in [6.45, 7) is 44.7. The van der Waals surface area contributed by atoms with Crippen LogP contribution in [0.3, 0.4) is 0 Å². The Hall–Kier alpha value is -9.46. The van der Waals surface area contributed by atoms with Crippen LogP contribution < -0.4 is 81.0 Å². The van der Waals surface area contributed by atoms with Gasteiger partial charge in [0.25, 0.3) is 27.8 Å². The number of anilines is 10. The molecule has 5 aliphatic rings. The molecule has 35 heteroatoms. The number of rotatable bonds is 20. The highest BCUT2D eigenvalue weighted by Gasteiger charge is 2.37. The van der Waals surface area contributed by atoms with Crippen LogP contribution in [0.4, 0.5) is 64.5 Å². The van der Waals surface area contributed by atoms with Gasteiger partial charge >= 0.3 is 0 Å². The number of nitrogens with one attached hydrogen (secondary N) is 1. The van der Waals surface area contributed by atoms with Crippen molar-refractivity contribution in [3.05, 3.63) is 198 Å². The molecule has 0 amide bonds. The fourth-order valence-corrected chi connectivity index (χ4v) is 21.7. The van der Waals surface area contributed by atoms with Gasteiger partial charge in [0.05, 0.1) is 27.3 Å². The van der Waals surface area contributed by atoms with Gasteiger partial charge < -0.3 is 53.2 Å². The van der Waals surface area contributed by atoms with Crippen molar-refractivity contribution in [2.45, 2.75) is 235 Å². The molecule has 0 bridgehead atoms. The number of hydrogen-bond acceptors (Lipinski definition) is 26. The maximum absolute atomic E-state index is 13.0. The number of benzene rings is 4. The van der Waals surface area contributed by atoms with Gasteiger partial charge in [0.1, 0.15) is 53.6 Å². The zero-order chi connectivity index (χ0) is 96.1. The molecule has 11 N–H and O–H groups in total. The molecule has 708 valence electrons. The minimum atomic E-state index is -0.195. The van der Waals surface area contributed by atoms with Gasteiger partial charge in [0.15, 0.2) is 5.69 Å². The summed E-state index contributed by atoms with van der Waals surface area (Å²) in [6, 6.07) is 30.0. The van der Waals surface area contributed by atoms with E-state index in [-0.39, 0.29) is 51.1 Å². The number of halogens is 3.